The SMILES string of the molecule is c1cncc(C2c3cccc(n3)Cc3cccc(n3)Cc3cccc2n3)c1. The lowest BCUT2D eigenvalue weighted by Gasteiger charge is -2.19. The molecule has 0 saturated carbocycles. The minimum atomic E-state index is -0.0377. The summed E-state index contributed by atoms with van der Waals surface area (Å²) in [6, 6.07) is 22.7. The van der Waals surface area contributed by atoms with Crippen LogP contribution in [0.2, 0.25) is 0 Å². The molecule has 0 radical (unpaired) electrons. The van der Waals surface area contributed by atoms with E-state index in [1.165, 1.54) is 0 Å². The Morgan fingerprint density at radius 3 is 1.70 bits per heavy atom. The van der Waals surface area contributed by atoms with Crippen molar-refractivity contribution in [1.29, 1.82) is 0 Å². The molecule has 0 saturated heterocycles. The van der Waals surface area contributed by atoms with E-state index >= 15 is 0 Å². The fraction of sp³-hybridized carbons (Fsp3) is 0.130. The van der Waals surface area contributed by atoms with Crippen molar-refractivity contribution in [2.75, 3.05) is 0 Å². The van der Waals surface area contributed by atoms with Crippen molar-refractivity contribution in [3.05, 3.63) is 119 Å². The van der Waals surface area contributed by atoms with E-state index in [0.717, 1.165) is 52.6 Å². The van der Waals surface area contributed by atoms with Gasteiger partial charge in [-0.2, -0.15) is 0 Å². The molecule has 27 heavy (non-hydrogen) atoms. The van der Waals surface area contributed by atoms with Crippen LogP contribution in [0, 0.1) is 0 Å². The van der Waals surface area contributed by atoms with Gasteiger partial charge in [0.15, 0.2) is 0 Å². The summed E-state index contributed by atoms with van der Waals surface area (Å²) in [6.45, 7) is 0. The number of fused-ring (bicyclic) bond motifs is 6. The lowest BCUT2D eigenvalue weighted by Crippen LogP contribution is -2.11. The number of nitrogens with zero attached hydrogens (tertiary/aromatic N) is 4. The average molecular weight is 350 g/mol. The molecule has 1 aliphatic rings. The second-order valence-electron chi connectivity index (χ2n) is 6.80. The van der Waals surface area contributed by atoms with E-state index in [9.17, 15) is 0 Å². The molecule has 5 heterocycles. The minimum Gasteiger partial charge on any atom is -0.264 e. The van der Waals surface area contributed by atoms with E-state index in [4.69, 9.17) is 15.0 Å². The maximum atomic E-state index is 4.96. The first kappa shape index (κ1) is 15.8. The Labute approximate surface area is 158 Å². The first-order valence-electron chi connectivity index (χ1n) is 9.11. The van der Waals surface area contributed by atoms with E-state index in [-0.39, 0.29) is 5.92 Å². The highest BCUT2D eigenvalue weighted by atomic mass is 14.8. The van der Waals surface area contributed by atoms with Crippen molar-refractivity contribution in [3.8, 4) is 0 Å². The molecule has 6 bridgehead atoms. The van der Waals surface area contributed by atoms with Gasteiger partial charge in [-0.1, -0.05) is 24.3 Å². The van der Waals surface area contributed by atoms with Crippen molar-refractivity contribution in [1.82, 2.24) is 19.9 Å². The van der Waals surface area contributed by atoms with Crippen molar-refractivity contribution >= 4 is 0 Å². The molecule has 4 nitrogen and oxygen atoms in total. The summed E-state index contributed by atoms with van der Waals surface area (Å²) >= 11 is 0. The van der Waals surface area contributed by atoms with Gasteiger partial charge in [0.2, 0.25) is 0 Å². The van der Waals surface area contributed by atoms with Gasteiger partial charge in [-0.25, -0.2) is 0 Å². The zero-order valence-electron chi connectivity index (χ0n) is 14.8. The molecule has 4 aromatic rings. The number of pyridine rings is 4. The van der Waals surface area contributed by atoms with Crippen molar-refractivity contribution in [2.24, 2.45) is 0 Å². The van der Waals surface area contributed by atoms with Crippen LogP contribution in [-0.2, 0) is 12.8 Å². The van der Waals surface area contributed by atoms with Crippen LogP contribution in [-0.4, -0.2) is 19.9 Å². The molecule has 0 fully saturated rings. The number of hydrogen-bond donors (Lipinski definition) is 0. The fourth-order valence-electron chi connectivity index (χ4n) is 3.65. The van der Waals surface area contributed by atoms with Crippen molar-refractivity contribution < 1.29 is 0 Å². The molecule has 1 aliphatic heterocycles. The minimum absolute atomic E-state index is 0.0377. The van der Waals surface area contributed by atoms with Crippen LogP contribution in [0.5, 0.6) is 0 Å². The third-order valence-corrected chi connectivity index (χ3v) is 4.85. The molecule has 0 atom stereocenters. The van der Waals surface area contributed by atoms with E-state index in [0.29, 0.717) is 0 Å². The van der Waals surface area contributed by atoms with Crippen molar-refractivity contribution in [3.63, 3.8) is 0 Å². The standard InChI is InChI=1S/C23H18N4/c1-6-17-13-19-8-2-10-21(26-19)23(16-5-4-12-24-15-16)22-11-3-9-20(27-22)14-18(7-1)25-17/h1-12,15,23H,13-14H2. The zero-order chi connectivity index (χ0) is 18.1. The molecule has 130 valence electrons. The maximum absolute atomic E-state index is 4.96. The Balaban J connectivity index is 1.74. The van der Waals surface area contributed by atoms with Gasteiger partial charge in [-0.05, 0) is 48.0 Å². The molecule has 0 aromatic carbocycles. The molecule has 4 heteroatoms. The second-order valence-corrected chi connectivity index (χ2v) is 6.80. The Morgan fingerprint density at radius 1 is 0.593 bits per heavy atom. The summed E-state index contributed by atoms with van der Waals surface area (Å²) in [5, 5.41) is 0. The molecule has 0 N–H and O–H groups in total. The van der Waals surface area contributed by atoms with Gasteiger partial charge in [-0.3, -0.25) is 19.9 Å². The Hall–Kier alpha value is -3.40. The molecular formula is C23H18N4. The van der Waals surface area contributed by atoms with Gasteiger partial charge in [0.1, 0.15) is 0 Å². The summed E-state index contributed by atoms with van der Waals surface area (Å²) < 4.78 is 0. The summed E-state index contributed by atoms with van der Waals surface area (Å²) in [4.78, 5) is 19.0. The van der Waals surface area contributed by atoms with Gasteiger partial charge in [0.25, 0.3) is 0 Å². The summed E-state index contributed by atoms with van der Waals surface area (Å²) in [5.41, 5.74) is 7.17. The molecule has 4 aromatic heterocycles. The molecule has 0 amide bonds. The predicted octanol–water partition coefficient (Wildman–Crippen LogP) is 3.94. The monoisotopic (exact) mass is 350 g/mol. The second kappa shape index (κ2) is 6.72. The van der Waals surface area contributed by atoms with Gasteiger partial charge >= 0.3 is 0 Å². The van der Waals surface area contributed by atoms with Gasteiger partial charge in [0.05, 0.1) is 17.3 Å². The molecule has 0 aliphatic carbocycles. The predicted molar refractivity (Wildman–Crippen MR) is 104 cm³/mol. The third-order valence-electron chi connectivity index (χ3n) is 4.85. The normalized spacial score (nSPS) is 13.5. The largest absolute Gasteiger partial charge is 0.264 e. The Morgan fingerprint density at radius 2 is 1.15 bits per heavy atom. The molecule has 5 rings (SSSR count). The lowest BCUT2D eigenvalue weighted by molar-refractivity contribution is 0.825. The number of rotatable bonds is 1. The van der Waals surface area contributed by atoms with Crippen LogP contribution in [0.1, 0.15) is 45.6 Å². The van der Waals surface area contributed by atoms with E-state index < -0.39 is 0 Å². The lowest BCUT2D eigenvalue weighted by atomic mass is 9.92. The van der Waals surface area contributed by atoms with Crippen LogP contribution in [0.15, 0.2) is 79.1 Å². The zero-order valence-corrected chi connectivity index (χ0v) is 14.8. The Bertz CT molecular complexity index is 1030. The van der Waals surface area contributed by atoms with Crippen LogP contribution in [0.4, 0.5) is 0 Å². The van der Waals surface area contributed by atoms with Gasteiger partial charge in [-0.15, -0.1) is 0 Å². The first-order chi connectivity index (χ1) is 13.3. The summed E-state index contributed by atoms with van der Waals surface area (Å²) in [7, 11) is 0. The van der Waals surface area contributed by atoms with E-state index in [1.807, 2.05) is 12.3 Å². The quantitative estimate of drug-likeness (QED) is 0.459. The number of aromatic nitrogens is 4. The molecule has 0 spiro atoms. The Kier molecular flexibility index (Phi) is 3.94. The highest BCUT2D eigenvalue weighted by molar-refractivity contribution is 5.38. The average Bonchev–Trinajstić information content (AvgIpc) is 2.69. The summed E-state index contributed by atoms with van der Waals surface area (Å²) in [6.07, 6.45) is 5.15. The van der Waals surface area contributed by atoms with Crippen LogP contribution in [0.25, 0.3) is 0 Å². The highest BCUT2D eigenvalue weighted by Gasteiger charge is 2.21. The van der Waals surface area contributed by atoms with Gasteiger partial charge < -0.3 is 0 Å². The van der Waals surface area contributed by atoms with Gasteiger partial charge in [0, 0.05) is 48.0 Å². The first-order valence-corrected chi connectivity index (χ1v) is 9.11. The highest BCUT2D eigenvalue weighted by Crippen LogP contribution is 2.30. The number of hydrogen-bond acceptors (Lipinski definition) is 4. The topological polar surface area (TPSA) is 51.6 Å². The van der Waals surface area contributed by atoms with Crippen LogP contribution < -0.4 is 0 Å². The van der Waals surface area contributed by atoms with Crippen molar-refractivity contribution in [2.45, 2.75) is 18.8 Å². The molecule has 0 unspecified atom stereocenters. The smallest absolute Gasteiger partial charge is 0.0701 e. The van der Waals surface area contributed by atoms with E-state index in [1.54, 1.807) is 6.20 Å². The van der Waals surface area contributed by atoms with Crippen LogP contribution >= 0.6 is 0 Å². The fourth-order valence-corrected chi connectivity index (χ4v) is 3.65. The van der Waals surface area contributed by atoms with Crippen LogP contribution in [0.3, 0.4) is 0 Å². The third kappa shape index (κ3) is 3.22. The maximum Gasteiger partial charge on any atom is 0.0701 e. The van der Waals surface area contributed by atoms with E-state index in [2.05, 4.69) is 65.6 Å². The molecular weight excluding hydrogens is 332 g/mol. The summed E-state index contributed by atoms with van der Waals surface area (Å²) in [5.74, 6) is -0.0377.